The summed E-state index contributed by atoms with van der Waals surface area (Å²) >= 11 is 0. The second kappa shape index (κ2) is 15.1. The van der Waals surface area contributed by atoms with E-state index in [0.29, 0.717) is 12.1 Å². The number of rotatable bonds is 9. The van der Waals surface area contributed by atoms with Crippen LogP contribution in [0.1, 0.15) is 70.2 Å². The van der Waals surface area contributed by atoms with Gasteiger partial charge in [-0.2, -0.15) is 0 Å². The lowest BCUT2D eigenvalue weighted by Gasteiger charge is -2.13. The number of fused-ring (bicyclic) bond motifs is 1. The third-order valence-electron chi connectivity index (χ3n) is 9.31. The largest absolute Gasteiger partial charge is 0.341 e. The number of hydrogen-bond donors (Lipinski definition) is 4. The molecule has 2 unspecified atom stereocenters. The zero-order chi connectivity index (χ0) is 31.8. The number of hydrogen-bond acceptors (Lipinski definition) is 4. The van der Waals surface area contributed by atoms with Crippen molar-refractivity contribution in [3.05, 3.63) is 71.6 Å². The van der Waals surface area contributed by atoms with E-state index >= 15 is 0 Å². The van der Waals surface area contributed by atoms with Crippen LogP contribution >= 0.6 is 0 Å². The highest BCUT2D eigenvalue weighted by Crippen LogP contribution is 2.39. The number of terminal acetylenes is 2. The van der Waals surface area contributed by atoms with Crippen LogP contribution in [-0.2, 0) is 25.9 Å². The highest BCUT2D eigenvalue weighted by molar-refractivity contribution is 5.78. The maximum atomic E-state index is 4.69. The molecule has 0 spiro atoms. The van der Waals surface area contributed by atoms with Gasteiger partial charge in [-0.15, -0.1) is 25.7 Å². The molecular weight excluding hydrogens is 540 g/mol. The van der Waals surface area contributed by atoms with E-state index in [2.05, 4.69) is 113 Å². The molecule has 0 radical (unpaired) electrons. The van der Waals surface area contributed by atoms with E-state index in [0.717, 1.165) is 66.7 Å². The molecule has 0 saturated heterocycles. The second-order valence-corrected chi connectivity index (χ2v) is 11.9. The topological polar surface area (TPSA) is 81.4 Å². The molecule has 2 aromatic carbocycles. The molecular formula is C38H48N6. The number of nitrogens with one attached hydrogen (secondary N) is 4. The van der Waals surface area contributed by atoms with Gasteiger partial charge >= 0.3 is 0 Å². The van der Waals surface area contributed by atoms with Crippen LogP contribution in [0.3, 0.4) is 0 Å². The molecule has 5 atom stereocenters. The molecule has 2 saturated carbocycles. The average Bonchev–Trinajstić information content (AvgIpc) is 3.58. The first-order chi connectivity index (χ1) is 21.5. The molecule has 4 N–H and O–H groups in total. The Morgan fingerprint density at radius 3 is 1.80 bits per heavy atom. The van der Waals surface area contributed by atoms with Crippen LogP contribution in [-0.4, -0.2) is 32.0 Å². The van der Waals surface area contributed by atoms with Crippen molar-refractivity contribution >= 4 is 0 Å². The molecule has 3 aliphatic carbocycles. The van der Waals surface area contributed by atoms with E-state index in [1.807, 2.05) is 26.2 Å². The standard InChI is InChI=1S/C32H38N6.C2H6.2C2H2/c1-18-13-27(18)33-16-30-34-14-28(37-30)22-9-7-21(8-10-22)23-11-12-26(25-6-4-5-24(23)25)29-15-35-31(38-29)17-36-32-19(2)20(32)3;3*1-2/h7-12,14-15,18-20,27,32-33,36H,4-6,13,16-17H2,1-3H3,(H,34,37)(H,35,38);1-2H3;2*1-2H/t18-,19+,20?,27+,32?;;;/m0.../s1. The Bertz CT molecular complexity index is 1520. The maximum absolute atomic E-state index is 4.69. The van der Waals surface area contributed by atoms with Crippen LogP contribution in [0, 0.1) is 43.4 Å². The van der Waals surface area contributed by atoms with Crippen molar-refractivity contribution in [1.82, 2.24) is 30.6 Å². The number of nitrogens with zero attached hydrogens (tertiary/aromatic N) is 2. The van der Waals surface area contributed by atoms with E-state index in [-0.39, 0.29) is 0 Å². The molecule has 0 bridgehead atoms. The molecule has 6 nitrogen and oxygen atoms in total. The number of aromatic nitrogens is 4. The first kappa shape index (κ1) is 32.8. The van der Waals surface area contributed by atoms with Crippen molar-refractivity contribution < 1.29 is 0 Å². The van der Waals surface area contributed by atoms with Gasteiger partial charge in [-0.05, 0) is 71.3 Å². The predicted molar refractivity (Wildman–Crippen MR) is 184 cm³/mol. The number of imidazole rings is 2. The highest BCUT2D eigenvalue weighted by atomic mass is 15.0. The van der Waals surface area contributed by atoms with Gasteiger partial charge < -0.3 is 20.6 Å². The van der Waals surface area contributed by atoms with E-state index in [1.165, 1.54) is 46.2 Å². The Morgan fingerprint density at radius 1 is 0.705 bits per heavy atom. The van der Waals surface area contributed by atoms with E-state index in [4.69, 9.17) is 0 Å². The summed E-state index contributed by atoms with van der Waals surface area (Å²) in [6.45, 7) is 12.5. The van der Waals surface area contributed by atoms with Crippen molar-refractivity contribution in [2.45, 2.75) is 85.5 Å². The van der Waals surface area contributed by atoms with Crippen molar-refractivity contribution in [3.63, 3.8) is 0 Å². The van der Waals surface area contributed by atoms with Gasteiger partial charge in [0, 0.05) is 17.6 Å². The SMILES string of the molecule is C#C.C#C.CC.CC1C(NCc2ncc(-c3ccc(-c4ccc(-c5cnc(CN[C@@H]6C[C@@H]6C)[nH]5)cc4)c4c3CCC4)[nH]2)[C@@H]1C. The van der Waals surface area contributed by atoms with E-state index in [1.54, 1.807) is 0 Å². The quantitative estimate of drug-likeness (QED) is 0.154. The maximum Gasteiger partial charge on any atom is 0.120 e. The third-order valence-corrected chi connectivity index (χ3v) is 9.31. The second-order valence-electron chi connectivity index (χ2n) is 11.9. The number of benzene rings is 2. The smallest absolute Gasteiger partial charge is 0.120 e. The summed E-state index contributed by atoms with van der Waals surface area (Å²) in [5.41, 5.74) is 10.3. The van der Waals surface area contributed by atoms with Gasteiger partial charge in [-0.3, -0.25) is 0 Å². The molecule has 2 heterocycles. The zero-order valence-corrected chi connectivity index (χ0v) is 27.0. The Morgan fingerprint density at radius 2 is 1.20 bits per heavy atom. The summed E-state index contributed by atoms with van der Waals surface area (Å²) in [5.74, 6) is 4.37. The van der Waals surface area contributed by atoms with Gasteiger partial charge in [0.05, 0.1) is 36.9 Å². The molecule has 4 aromatic rings. The zero-order valence-electron chi connectivity index (χ0n) is 27.0. The van der Waals surface area contributed by atoms with Gasteiger partial charge in [0.1, 0.15) is 11.6 Å². The molecule has 0 aliphatic heterocycles. The molecule has 3 aliphatic rings. The fourth-order valence-corrected chi connectivity index (χ4v) is 6.33. The van der Waals surface area contributed by atoms with Gasteiger partial charge in [-0.1, -0.05) is 71.0 Å². The van der Waals surface area contributed by atoms with Gasteiger partial charge in [0.15, 0.2) is 0 Å². The minimum Gasteiger partial charge on any atom is -0.341 e. The minimum absolute atomic E-state index is 0.627. The van der Waals surface area contributed by atoms with Crippen LogP contribution in [0.25, 0.3) is 33.6 Å². The third kappa shape index (κ3) is 7.16. The molecule has 2 aromatic heterocycles. The summed E-state index contributed by atoms with van der Waals surface area (Å²) in [4.78, 5) is 16.4. The summed E-state index contributed by atoms with van der Waals surface area (Å²) < 4.78 is 0. The molecule has 230 valence electrons. The van der Waals surface area contributed by atoms with Gasteiger partial charge in [0.25, 0.3) is 0 Å². The summed E-state index contributed by atoms with van der Waals surface area (Å²) in [5, 5.41) is 7.22. The lowest BCUT2D eigenvalue weighted by Crippen LogP contribution is -2.19. The van der Waals surface area contributed by atoms with Crippen LogP contribution in [0.5, 0.6) is 0 Å². The van der Waals surface area contributed by atoms with E-state index < -0.39 is 0 Å². The average molecular weight is 589 g/mol. The molecule has 7 rings (SSSR count). The van der Waals surface area contributed by atoms with Crippen molar-refractivity contribution in [1.29, 1.82) is 0 Å². The Kier molecular flexibility index (Phi) is 11.2. The van der Waals surface area contributed by atoms with Crippen LogP contribution < -0.4 is 10.6 Å². The summed E-state index contributed by atoms with van der Waals surface area (Å²) in [6, 6.07) is 14.8. The molecule has 44 heavy (non-hydrogen) atoms. The van der Waals surface area contributed by atoms with Crippen LogP contribution in [0.2, 0.25) is 0 Å². The Labute approximate surface area is 264 Å². The van der Waals surface area contributed by atoms with E-state index in [9.17, 15) is 0 Å². The van der Waals surface area contributed by atoms with Gasteiger partial charge in [-0.25, -0.2) is 9.97 Å². The molecule has 0 amide bonds. The summed E-state index contributed by atoms with van der Waals surface area (Å²) in [7, 11) is 0. The molecule has 2 fully saturated rings. The van der Waals surface area contributed by atoms with Gasteiger partial charge in [0.2, 0.25) is 0 Å². The normalized spacial score (nSPS) is 22.2. The van der Waals surface area contributed by atoms with Crippen molar-refractivity contribution in [3.8, 4) is 59.3 Å². The first-order valence-corrected chi connectivity index (χ1v) is 16.0. The monoisotopic (exact) mass is 588 g/mol. The fraction of sp³-hybridized carbons (Fsp3) is 0.421. The van der Waals surface area contributed by atoms with Crippen molar-refractivity contribution in [2.24, 2.45) is 17.8 Å². The lowest BCUT2D eigenvalue weighted by molar-refractivity contribution is 0.622. The summed E-state index contributed by atoms with van der Waals surface area (Å²) in [6.07, 6.45) is 24.7. The predicted octanol–water partition coefficient (Wildman–Crippen LogP) is 7.39. The lowest BCUT2D eigenvalue weighted by atomic mass is 9.92. The van der Waals surface area contributed by atoms with Crippen LogP contribution in [0.15, 0.2) is 48.8 Å². The highest BCUT2D eigenvalue weighted by Gasteiger charge is 2.42. The van der Waals surface area contributed by atoms with Crippen LogP contribution in [0.4, 0.5) is 0 Å². The molecule has 6 heteroatoms. The first-order valence-electron chi connectivity index (χ1n) is 16.0. The Balaban J connectivity index is 0.000000696. The van der Waals surface area contributed by atoms with Crippen molar-refractivity contribution in [2.75, 3.05) is 0 Å². The number of aromatic amines is 2. The minimum atomic E-state index is 0.627. The Hall–Kier alpha value is -4.10. The fourth-order valence-electron chi connectivity index (χ4n) is 6.33. The number of H-pyrrole nitrogens is 2.